The van der Waals surface area contributed by atoms with Gasteiger partial charge in [-0.05, 0) is 38.5 Å². The number of hydrogen-bond donors (Lipinski definition) is 1. The van der Waals surface area contributed by atoms with Gasteiger partial charge >= 0.3 is 0 Å². The van der Waals surface area contributed by atoms with E-state index in [9.17, 15) is 5.11 Å². The SMILES string of the molecule is CC1CN(c2cc([C@@H](C)O)ccn2)C(C)CO1. The van der Waals surface area contributed by atoms with E-state index in [1.54, 1.807) is 13.1 Å². The minimum atomic E-state index is -0.453. The van der Waals surface area contributed by atoms with E-state index >= 15 is 0 Å². The highest BCUT2D eigenvalue weighted by molar-refractivity contribution is 5.43. The Labute approximate surface area is 102 Å². The molecule has 4 nitrogen and oxygen atoms in total. The van der Waals surface area contributed by atoms with Gasteiger partial charge in [-0.25, -0.2) is 4.98 Å². The smallest absolute Gasteiger partial charge is 0.129 e. The highest BCUT2D eigenvalue weighted by atomic mass is 16.5. The number of aliphatic hydroxyl groups is 1. The van der Waals surface area contributed by atoms with Gasteiger partial charge < -0.3 is 14.7 Å². The van der Waals surface area contributed by atoms with E-state index < -0.39 is 6.10 Å². The zero-order chi connectivity index (χ0) is 12.4. The molecule has 0 spiro atoms. The molecule has 2 heterocycles. The summed E-state index contributed by atoms with van der Waals surface area (Å²) in [6.45, 7) is 7.53. The number of nitrogens with zero attached hydrogens (tertiary/aromatic N) is 2. The van der Waals surface area contributed by atoms with Crippen molar-refractivity contribution in [3.63, 3.8) is 0 Å². The molecule has 1 aromatic heterocycles. The summed E-state index contributed by atoms with van der Waals surface area (Å²) in [4.78, 5) is 6.63. The molecule has 1 saturated heterocycles. The Balaban J connectivity index is 2.23. The molecule has 0 amide bonds. The van der Waals surface area contributed by atoms with Gasteiger partial charge in [0.25, 0.3) is 0 Å². The first-order chi connectivity index (χ1) is 8.08. The summed E-state index contributed by atoms with van der Waals surface area (Å²) in [6.07, 6.45) is 1.53. The van der Waals surface area contributed by atoms with Gasteiger partial charge in [0, 0.05) is 12.7 Å². The van der Waals surface area contributed by atoms with Crippen LogP contribution in [0.25, 0.3) is 0 Å². The molecule has 0 aromatic carbocycles. The number of morpholine rings is 1. The summed E-state index contributed by atoms with van der Waals surface area (Å²) < 4.78 is 5.60. The molecule has 1 aliphatic rings. The summed E-state index contributed by atoms with van der Waals surface area (Å²) in [5, 5.41) is 9.59. The molecular formula is C13H20N2O2. The average molecular weight is 236 g/mol. The van der Waals surface area contributed by atoms with Crippen molar-refractivity contribution in [1.29, 1.82) is 0 Å². The van der Waals surface area contributed by atoms with Gasteiger partial charge in [-0.15, -0.1) is 0 Å². The number of hydrogen-bond acceptors (Lipinski definition) is 4. The molecule has 4 heteroatoms. The van der Waals surface area contributed by atoms with Crippen LogP contribution in [0.1, 0.15) is 32.4 Å². The topological polar surface area (TPSA) is 45.6 Å². The van der Waals surface area contributed by atoms with E-state index in [0.717, 1.165) is 24.5 Å². The van der Waals surface area contributed by atoms with Crippen molar-refractivity contribution >= 4 is 5.82 Å². The van der Waals surface area contributed by atoms with Crippen LogP contribution in [0.4, 0.5) is 5.82 Å². The standard InChI is InChI=1S/C13H20N2O2/c1-9-8-17-10(2)7-15(9)13-6-12(11(3)16)4-5-14-13/h4-6,9-11,16H,7-8H2,1-3H3/t9?,10?,11-/m1/s1. The molecule has 1 N–H and O–H groups in total. The Bertz CT molecular complexity index is 381. The third-order valence-electron chi connectivity index (χ3n) is 3.15. The highest BCUT2D eigenvalue weighted by Crippen LogP contribution is 2.22. The van der Waals surface area contributed by atoms with Crippen molar-refractivity contribution in [2.45, 2.75) is 39.0 Å². The van der Waals surface area contributed by atoms with Crippen LogP contribution in [-0.4, -0.2) is 35.4 Å². The predicted molar refractivity (Wildman–Crippen MR) is 67.1 cm³/mol. The molecule has 0 saturated carbocycles. The minimum absolute atomic E-state index is 0.225. The first-order valence-electron chi connectivity index (χ1n) is 6.10. The Hall–Kier alpha value is -1.13. The van der Waals surface area contributed by atoms with Gasteiger partial charge in [0.1, 0.15) is 5.82 Å². The summed E-state index contributed by atoms with van der Waals surface area (Å²) in [5.74, 6) is 0.922. The average Bonchev–Trinajstić information content (AvgIpc) is 2.32. The zero-order valence-corrected chi connectivity index (χ0v) is 10.6. The predicted octanol–water partition coefficient (Wildman–Crippen LogP) is 1.75. The molecule has 1 aliphatic heterocycles. The van der Waals surface area contributed by atoms with Crippen molar-refractivity contribution in [3.8, 4) is 0 Å². The van der Waals surface area contributed by atoms with Gasteiger partial charge in [-0.3, -0.25) is 0 Å². The first kappa shape index (κ1) is 12.3. The monoisotopic (exact) mass is 236 g/mol. The van der Waals surface area contributed by atoms with Crippen molar-refractivity contribution in [2.75, 3.05) is 18.1 Å². The van der Waals surface area contributed by atoms with Crippen LogP contribution in [-0.2, 0) is 4.74 Å². The van der Waals surface area contributed by atoms with Crippen molar-refractivity contribution in [2.24, 2.45) is 0 Å². The van der Waals surface area contributed by atoms with E-state index in [1.807, 2.05) is 12.1 Å². The molecule has 0 aliphatic carbocycles. The lowest BCUT2D eigenvalue weighted by atomic mass is 10.1. The molecule has 2 unspecified atom stereocenters. The van der Waals surface area contributed by atoms with Crippen LogP contribution in [0, 0.1) is 0 Å². The highest BCUT2D eigenvalue weighted by Gasteiger charge is 2.24. The summed E-state index contributed by atoms with van der Waals surface area (Å²) in [5.41, 5.74) is 0.904. The lowest BCUT2D eigenvalue weighted by Crippen LogP contribution is -2.47. The Kier molecular flexibility index (Phi) is 3.64. The molecule has 3 atom stereocenters. The fourth-order valence-electron chi connectivity index (χ4n) is 2.07. The number of ether oxygens (including phenoxy) is 1. The van der Waals surface area contributed by atoms with E-state index in [4.69, 9.17) is 4.74 Å². The zero-order valence-electron chi connectivity index (χ0n) is 10.6. The fourth-order valence-corrected chi connectivity index (χ4v) is 2.07. The molecule has 94 valence electrons. The van der Waals surface area contributed by atoms with Crippen LogP contribution >= 0.6 is 0 Å². The lowest BCUT2D eigenvalue weighted by Gasteiger charge is -2.37. The Morgan fingerprint density at radius 3 is 3.00 bits per heavy atom. The second kappa shape index (κ2) is 5.02. The molecule has 2 rings (SSSR count). The van der Waals surface area contributed by atoms with E-state index in [2.05, 4.69) is 23.7 Å². The van der Waals surface area contributed by atoms with E-state index in [-0.39, 0.29) is 6.10 Å². The second-order valence-electron chi connectivity index (χ2n) is 4.77. The molecule has 0 bridgehead atoms. The largest absolute Gasteiger partial charge is 0.389 e. The lowest BCUT2D eigenvalue weighted by molar-refractivity contribution is 0.0340. The van der Waals surface area contributed by atoms with Gasteiger partial charge in [0.2, 0.25) is 0 Å². The van der Waals surface area contributed by atoms with Gasteiger partial charge in [-0.2, -0.15) is 0 Å². The molecule has 0 radical (unpaired) electrons. The molecule has 1 aromatic rings. The second-order valence-corrected chi connectivity index (χ2v) is 4.77. The maximum absolute atomic E-state index is 9.59. The quantitative estimate of drug-likeness (QED) is 0.849. The van der Waals surface area contributed by atoms with Crippen LogP contribution in [0.3, 0.4) is 0 Å². The van der Waals surface area contributed by atoms with E-state index in [0.29, 0.717) is 6.04 Å². The van der Waals surface area contributed by atoms with Crippen molar-refractivity contribution in [3.05, 3.63) is 23.9 Å². The maximum atomic E-state index is 9.59. The van der Waals surface area contributed by atoms with Crippen LogP contribution in [0.2, 0.25) is 0 Å². The van der Waals surface area contributed by atoms with Crippen LogP contribution in [0.5, 0.6) is 0 Å². The number of rotatable bonds is 2. The van der Waals surface area contributed by atoms with Gasteiger partial charge in [0.05, 0.1) is 24.9 Å². The van der Waals surface area contributed by atoms with Gasteiger partial charge in [0.15, 0.2) is 0 Å². The normalized spacial score (nSPS) is 26.9. The van der Waals surface area contributed by atoms with Gasteiger partial charge in [-0.1, -0.05) is 0 Å². The minimum Gasteiger partial charge on any atom is -0.389 e. The summed E-state index contributed by atoms with van der Waals surface area (Å²) in [7, 11) is 0. The third-order valence-corrected chi connectivity index (χ3v) is 3.15. The van der Waals surface area contributed by atoms with Crippen molar-refractivity contribution < 1.29 is 9.84 Å². The summed E-state index contributed by atoms with van der Waals surface area (Å²) in [6, 6.07) is 4.13. The number of anilines is 1. The van der Waals surface area contributed by atoms with Crippen molar-refractivity contribution in [1.82, 2.24) is 4.98 Å². The summed E-state index contributed by atoms with van der Waals surface area (Å²) >= 11 is 0. The maximum Gasteiger partial charge on any atom is 0.129 e. The molecule has 1 fully saturated rings. The molecular weight excluding hydrogens is 216 g/mol. The molecule has 17 heavy (non-hydrogen) atoms. The van der Waals surface area contributed by atoms with E-state index in [1.165, 1.54) is 0 Å². The Morgan fingerprint density at radius 2 is 2.29 bits per heavy atom. The third kappa shape index (κ3) is 2.76. The first-order valence-corrected chi connectivity index (χ1v) is 6.10. The number of aliphatic hydroxyl groups excluding tert-OH is 1. The van der Waals surface area contributed by atoms with Crippen LogP contribution < -0.4 is 4.90 Å². The number of pyridine rings is 1. The fraction of sp³-hybridized carbons (Fsp3) is 0.615. The number of aromatic nitrogens is 1. The van der Waals surface area contributed by atoms with Crippen LogP contribution in [0.15, 0.2) is 18.3 Å². The Morgan fingerprint density at radius 1 is 1.53 bits per heavy atom.